The fourth-order valence-corrected chi connectivity index (χ4v) is 2.67. The van der Waals surface area contributed by atoms with E-state index in [1.165, 1.54) is 7.11 Å². The lowest BCUT2D eigenvalue weighted by atomic mass is 9.86. The lowest BCUT2D eigenvalue weighted by Gasteiger charge is -2.18. The second kappa shape index (κ2) is 4.53. The van der Waals surface area contributed by atoms with E-state index in [0.29, 0.717) is 11.6 Å². The quantitative estimate of drug-likeness (QED) is 0.783. The maximum Gasteiger partial charge on any atom is 0.339 e. The molecule has 102 valence electrons. The van der Waals surface area contributed by atoms with Gasteiger partial charge in [0.1, 0.15) is 0 Å². The van der Waals surface area contributed by atoms with E-state index in [1.807, 2.05) is 20.8 Å². The highest BCUT2D eigenvalue weighted by Gasteiger charge is 2.44. The van der Waals surface area contributed by atoms with Gasteiger partial charge in [-0.3, -0.25) is 4.79 Å². The Morgan fingerprint density at radius 1 is 1.42 bits per heavy atom. The van der Waals surface area contributed by atoms with Crippen molar-refractivity contribution >= 4 is 29.2 Å². The Kier molecular flexibility index (Phi) is 3.31. The highest BCUT2D eigenvalue weighted by molar-refractivity contribution is 6.34. The first-order chi connectivity index (χ1) is 8.84. The Morgan fingerprint density at radius 2 is 2.05 bits per heavy atom. The number of methoxy groups -OCH3 is 1. The topological polar surface area (TPSA) is 46.6 Å². The number of esters is 1. The first-order valence-corrected chi connectivity index (χ1v) is 6.46. The van der Waals surface area contributed by atoms with Crippen LogP contribution in [0, 0.1) is 0 Å². The predicted octanol–water partition coefficient (Wildman–Crippen LogP) is 2.77. The van der Waals surface area contributed by atoms with Crippen molar-refractivity contribution in [2.75, 3.05) is 18.6 Å². The number of benzene rings is 1. The molecule has 1 heterocycles. The number of halogens is 1. The fraction of sp³-hybridized carbons (Fsp3) is 0.429. The average Bonchev–Trinajstić information content (AvgIpc) is 2.56. The van der Waals surface area contributed by atoms with Gasteiger partial charge < -0.3 is 9.64 Å². The summed E-state index contributed by atoms with van der Waals surface area (Å²) in [6.45, 7) is 6.17. The molecule has 1 aliphatic rings. The maximum absolute atomic E-state index is 12.3. The number of anilines is 1. The molecule has 2 rings (SSSR count). The molecule has 0 aromatic heterocycles. The Balaban J connectivity index is 2.67. The van der Waals surface area contributed by atoms with Gasteiger partial charge in [0.05, 0.1) is 23.1 Å². The third-order valence-electron chi connectivity index (χ3n) is 3.55. The van der Waals surface area contributed by atoms with Gasteiger partial charge in [-0.1, -0.05) is 11.6 Å². The number of nitrogens with zero attached hydrogens (tertiary/aromatic N) is 1. The maximum atomic E-state index is 12.3. The SMILES string of the molecule is CCN1C(=O)C(C)(C)c2cc(Cl)c(C(=O)OC)cc21. The molecule has 1 aromatic carbocycles. The minimum absolute atomic E-state index is 0.0167. The summed E-state index contributed by atoms with van der Waals surface area (Å²) in [5, 5.41) is 0.310. The van der Waals surface area contributed by atoms with Gasteiger partial charge in [-0.15, -0.1) is 0 Å². The molecule has 0 atom stereocenters. The summed E-state index contributed by atoms with van der Waals surface area (Å²) in [5.41, 5.74) is 1.25. The molecule has 0 fully saturated rings. The molecule has 19 heavy (non-hydrogen) atoms. The first kappa shape index (κ1) is 13.9. The normalized spacial score (nSPS) is 16.5. The molecular weight excluding hydrogens is 266 g/mol. The number of amides is 1. The van der Waals surface area contributed by atoms with Crippen molar-refractivity contribution in [3.63, 3.8) is 0 Å². The molecule has 4 nitrogen and oxygen atoms in total. The van der Waals surface area contributed by atoms with Crippen LogP contribution in [0.25, 0.3) is 0 Å². The largest absolute Gasteiger partial charge is 0.465 e. The molecule has 0 saturated heterocycles. The lowest BCUT2D eigenvalue weighted by Crippen LogP contribution is -2.35. The van der Waals surface area contributed by atoms with Crippen molar-refractivity contribution in [1.82, 2.24) is 0 Å². The Hall–Kier alpha value is -1.55. The van der Waals surface area contributed by atoms with Crippen molar-refractivity contribution in [3.05, 3.63) is 28.3 Å². The zero-order chi connectivity index (χ0) is 14.4. The summed E-state index contributed by atoms with van der Waals surface area (Å²) < 4.78 is 4.70. The molecule has 0 bridgehead atoms. The third kappa shape index (κ3) is 1.91. The number of fused-ring (bicyclic) bond motifs is 1. The van der Waals surface area contributed by atoms with Crippen LogP contribution in [0.2, 0.25) is 5.02 Å². The standard InChI is InChI=1S/C14H16ClNO3/c1-5-16-11-6-8(12(17)19-4)10(15)7-9(11)14(2,3)13(16)18/h6-7H,5H2,1-4H3. The molecule has 0 saturated carbocycles. The second-order valence-electron chi connectivity index (χ2n) is 5.02. The van der Waals surface area contributed by atoms with Crippen LogP contribution in [-0.4, -0.2) is 25.5 Å². The number of rotatable bonds is 2. The van der Waals surface area contributed by atoms with Gasteiger partial charge in [0.15, 0.2) is 0 Å². The Morgan fingerprint density at radius 3 is 2.58 bits per heavy atom. The highest BCUT2D eigenvalue weighted by Crippen LogP contribution is 2.43. The molecule has 1 amide bonds. The second-order valence-corrected chi connectivity index (χ2v) is 5.42. The van der Waals surface area contributed by atoms with Gasteiger partial charge in [0, 0.05) is 12.2 Å². The molecule has 0 unspecified atom stereocenters. The van der Waals surface area contributed by atoms with Gasteiger partial charge in [-0.25, -0.2) is 4.79 Å². The van der Waals surface area contributed by atoms with Crippen molar-refractivity contribution < 1.29 is 14.3 Å². The van der Waals surface area contributed by atoms with Gasteiger partial charge in [-0.05, 0) is 38.5 Å². The summed E-state index contributed by atoms with van der Waals surface area (Å²) >= 11 is 6.12. The summed E-state index contributed by atoms with van der Waals surface area (Å²) in [7, 11) is 1.30. The van der Waals surface area contributed by atoms with Crippen LogP contribution in [0.15, 0.2) is 12.1 Å². The van der Waals surface area contributed by atoms with Crippen molar-refractivity contribution in [2.24, 2.45) is 0 Å². The minimum Gasteiger partial charge on any atom is -0.465 e. The van der Waals surface area contributed by atoms with Crippen LogP contribution >= 0.6 is 11.6 Å². The Labute approximate surface area is 117 Å². The highest BCUT2D eigenvalue weighted by atomic mass is 35.5. The zero-order valence-corrected chi connectivity index (χ0v) is 12.2. The van der Waals surface area contributed by atoms with Crippen LogP contribution in [-0.2, 0) is 14.9 Å². The summed E-state index contributed by atoms with van der Waals surface area (Å²) in [6.07, 6.45) is 0. The fourth-order valence-electron chi connectivity index (χ4n) is 2.43. The summed E-state index contributed by atoms with van der Waals surface area (Å²) in [5.74, 6) is -0.482. The molecular formula is C14H16ClNO3. The molecule has 0 spiro atoms. The van der Waals surface area contributed by atoms with Gasteiger partial charge in [0.2, 0.25) is 5.91 Å². The van der Waals surface area contributed by atoms with Crippen LogP contribution in [0.3, 0.4) is 0 Å². The Bertz CT molecular complexity index is 566. The number of ether oxygens (including phenoxy) is 1. The molecule has 1 aromatic rings. The number of carbonyl (C=O) groups excluding carboxylic acids is 2. The average molecular weight is 282 g/mol. The number of hydrogen-bond donors (Lipinski definition) is 0. The van der Waals surface area contributed by atoms with Crippen LogP contribution < -0.4 is 4.90 Å². The van der Waals surface area contributed by atoms with Gasteiger partial charge in [-0.2, -0.15) is 0 Å². The summed E-state index contributed by atoms with van der Waals surface area (Å²) in [4.78, 5) is 25.7. The van der Waals surface area contributed by atoms with Crippen LogP contribution in [0.1, 0.15) is 36.7 Å². The van der Waals surface area contributed by atoms with E-state index in [4.69, 9.17) is 16.3 Å². The minimum atomic E-state index is -0.621. The molecule has 0 aliphatic carbocycles. The monoisotopic (exact) mass is 281 g/mol. The molecule has 0 radical (unpaired) electrons. The van der Waals surface area contributed by atoms with Gasteiger partial charge >= 0.3 is 5.97 Å². The first-order valence-electron chi connectivity index (χ1n) is 6.08. The van der Waals surface area contributed by atoms with E-state index in [2.05, 4.69) is 0 Å². The molecule has 0 N–H and O–H groups in total. The van der Waals surface area contributed by atoms with Crippen LogP contribution in [0.5, 0.6) is 0 Å². The molecule has 1 aliphatic heterocycles. The third-order valence-corrected chi connectivity index (χ3v) is 3.86. The predicted molar refractivity (Wildman–Crippen MR) is 73.8 cm³/mol. The lowest BCUT2D eigenvalue weighted by molar-refractivity contribution is -0.122. The zero-order valence-electron chi connectivity index (χ0n) is 11.4. The van der Waals surface area contributed by atoms with Crippen molar-refractivity contribution in [2.45, 2.75) is 26.2 Å². The van der Waals surface area contributed by atoms with E-state index < -0.39 is 11.4 Å². The van der Waals surface area contributed by atoms with E-state index >= 15 is 0 Å². The van der Waals surface area contributed by atoms with E-state index in [1.54, 1.807) is 17.0 Å². The van der Waals surface area contributed by atoms with Crippen molar-refractivity contribution in [3.8, 4) is 0 Å². The van der Waals surface area contributed by atoms with Crippen molar-refractivity contribution in [1.29, 1.82) is 0 Å². The smallest absolute Gasteiger partial charge is 0.339 e. The van der Waals surface area contributed by atoms with Gasteiger partial charge in [0.25, 0.3) is 0 Å². The van der Waals surface area contributed by atoms with E-state index in [0.717, 1.165) is 11.3 Å². The van der Waals surface area contributed by atoms with E-state index in [9.17, 15) is 9.59 Å². The number of carbonyl (C=O) groups is 2. The molecule has 5 heteroatoms. The summed E-state index contributed by atoms with van der Waals surface area (Å²) in [6, 6.07) is 3.33. The van der Waals surface area contributed by atoms with Crippen LogP contribution in [0.4, 0.5) is 5.69 Å². The van der Waals surface area contributed by atoms with E-state index in [-0.39, 0.29) is 11.5 Å². The number of hydrogen-bond acceptors (Lipinski definition) is 3. The number of likely N-dealkylation sites (N-methyl/N-ethyl adjacent to an activating group) is 1.